The second kappa shape index (κ2) is 7.09. The lowest BCUT2D eigenvalue weighted by molar-refractivity contribution is -0.00127. The molecule has 3 heterocycles. The zero-order valence-corrected chi connectivity index (χ0v) is 16.4. The highest BCUT2D eigenvalue weighted by Crippen LogP contribution is 2.36. The quantitative estimate of drug-likeness (QED) is 0.702. The summed E-state index contributed by atoms with van der Waals surface area (Å²) in [6, 6.07) is 13.0. The van der Waals surface area contributed by atoms with Gasteiger partial charge in [0.1, 0.15) is 6.10 Å². The van der Waals surface area contributed by atoms with Crippen molar-refractivity contribution < 1.29 is 19.0 Å². The first-order chi connectivity index (χ1) is 14.1. The normalized spacial score (nSPS) is 17.1. The number of nitrogens with zero attached hydrogens (tertiary/aromatic N) is 2. The van der Waals surface area contributed by atoms with Gasteiger partial charge in [-0.3, -0.25) is 9.48 Å². The summed E-state index contributed by atoms with van der Waals surface area (Å²) in [5.41, 5.74) is 3.74. The van der Waals surface area contributed by atoms with Crippen molar-refractivity contribution in [3.63, 3.8) is 0 Å². The molecule has 3 aromatic rings. The Kier molecular flexibility index (Phi) is 4.41. The first-order valence-electron chi connectivity index (χ1n) is 9.22. The maximum atomic E-state index is 12.6. The Morgan fingerprint density at radius 1 is 1.17 bits per heavy atom. The number of anilines is 1. The molecule has 0 spiro atoms. The zero-order valence-electron chi connectivity index (χ0n) is 15.6. The fourth-order valence-electron chi connectivity index (χ4n) is 3.46. The van der Waals surface area contributed by atoms with Gasteiger partial charge >= 0.3 is 0 Å². The minimum Gasteiger partial charge on any atom is -0.454 e. The predicted molar refractivity (Wildman–Crippen MR) is 106 cm³/mol. The minimum atomic E-state index is -0.308. The Morgan fingerprint density at radius 3 is 2.90 bits per heavy atom. The molecule has 0 fully saturated rings. The number of benzene rings is 2. The van der Waals surface area contributed by atoms with E-state index in [4.69, 9.17) is 25.8 Å². The van der Waals surface area contributed by atoms with Crippen LogP contribution in [-0.4, -0.2) is 22.5 Å². The van der Waals surface area contributed by atoms with E-state index in [-0.39, 0.29) is 18.8 Å². The highest BCUT2D eigenvalue weighted by atomic mass is 35.5. The van der Waals surface area contributed by atoms with Gasteiger partial charge in [-0.05, 0) is 48.4 Å². The first-order valence-corrected chi connectivity index (χ1v) is 9.60. The van der Waals surface area contributed by atoms with Crippen molar-refractivity contribution >= 4 is 23.2 Å². The molecule has 0 saturated heterocycles. The number of hydrogen-bond donors (Lipinski definition) is 1. The van der Waals surface area contributed by atoms with Crippen LogP contribution in [0.15, 0.2) is 42.5 Å². The number of rotatable bonds is 3. The summed E-state index contributed by atoms with van der Waals surface area (Å²) >= 11 is 6.21. The molecular formula is C21H18ClN3O4. The van der Waals surface area contributed by atoms with E-state index >= 15 is 0 Å². The summed E-state index contributed by atoms with van der Waals surface area (Å²) in [6.07, 6.45) is -0.181. The lowest BCUT2D eigenvalue weighted by Crippen LogP contribution is -2.22. The van der Waals surface area contributed by atoms with Crippen LogP contribution in [0.2, 0.25) is 5.02 Å². The molecule has 2 aliphatic rings. The third-order valence-electron chi connectivity index (χ3n) is 5.01. The fraction of sp³-hybridized carbons (Fsp3) is 0.238. The van der Waals surface area contributed by atoms with Gasteiger partial charge in [0.15, 0.2) is 17.2 Å². The van der Waals surface area contributed by atoms with Crippen LogP contribution in [0.1, 0.15) is 33.4 Å². The van der Waals surface area contributed by atoms with E-state index < -0.39 is 0 Å². The summed E-state index contributed by atoms with van der Waals surface area (Å²) in [6.45, 7) is 3.05. The Morgan fingerprint density at radius 2 is 2.03 bits per heavy atom. The topological polar surface area (TPSA) is 74.6 Å². The number of amides is 1. The van der Waals surface area contributed by atoms with Gasteiger partial charge in [0.05, 0.1) is 29.6 Å². The first kappa shape index (κ1) is 18.0. The summed E-state index contributed by atoms with van der Waals surface area (Å²) in [7, 11) is 0. The average molecular weight is 412 g/mol. The smallest absolute Gasteiger partial charge is 0.276 e. The predicted octanol–water partition coefficient (Wildman–Crippen LogP) is 4.10. The van der Waals surface area contributed by atoms with Crippen LogP contribution in [0.5, 0.6) is 11.5 Å². The van der Waals surface area contributed by atoms with Gasteiger partial charge in [-0.15, -0.1) is 0 Å². The third-order valence-corrected chi connectivity index (χ3v) is 5.32. The molecule has 5 rings (SSSR count). The van der Waals surface area contributed by atoms with E-state index in [1.165, 1.54) is 0 Å². The molecule has 1 amide bonds. The summed E-state index contributed by atoms with van der Waals surface area (Å²) in [4.78, 5) is 12.6. The number of carbonyl (C=O) groups excluding carboxylic acids is 1. The Balaban J connectivity index is 1.33. The molecule has 0 radical (unpaired) electrons. The molecule has 0 unspecified atom stereocenters. The molecule has 1 N–H and O–H groups in total. The van der Waals surface area contributed by atoms with Crippen LogP contribution in [0.25, 0.3) is 0 Å². The van der Waals surface area contributed by atoms with Crippen molar-refractivity contribution in [2.45, 2.75) is 26.2 Å². The van der Waals surface area contributed by atoms with Gasteiger partial charge in [0, 0.05) is 0 Å². The number of fused-ring (bicyclic) bond motifs is 2. The van der Waals surface area contributed by atoms with E-state index in [9.17, 15) is 4.79 Å². The molecule has 2 aliphatic heterocycles. The molecule has 0 bridgehead atoms. The number of aryl methyl sites for hydroxylation is 1. The lowest BCUT2D eigenvalue weighted by atomic mass is 10.1. The number of nitrogens with one attached hydrogen (secondary N) is 1. The molecule has 1 aromatic heterocycles. The maximum Gasteiger partial charge on any atom is 0.276 e. The Bertz CT molecular complexity index is 1110. The van der Waals surface area contributed by atoms with E-state index in [1.54, 1.807) is 18.2 Å². The van der Waals surface area contributed by atoms with Gasteiger partial charge in [-0.2, -0.15) is 5.10 Å². The summed E-state index contributed by atoms with van der Waals surface area (Å²) < 4.78 is 18.6. The number of hydrogen-bond acceptors (Lipinski definition) is 5. The van der Waals surface area contributed by atoms with Crippen molar-refractivity contribution in [1.29, 1.82) is 0 Å². The summed E-state index contributed by atoms with van der Waals surface area (Å²) in [5.74, 6) is 1.14. The van der Waals surface area contributed by atoms with E-state index in [0.29, 0.717) is 35.3 Å². The zero-order chi connectivity index (χ0) is 20.0. The maximum absolute atomic E-state index is 12.6. The summed E-state index contributed by atoms with van der Waals surface area (Å²) in [5, 5.41) is 7.78. The van der Waals surface area contributed by atoms with Crippen LogP contribution < -0.4 is 14.8 Å². The molecule has 148 valence electrons. The third kappa shape index (κ3) is 3.43. The molecule has 7 nitrogen and oxygen atoms in total. The highest BCUT2D eigenvalue weighted by Gasteiger charge is 2.26. The second-order valence-electron chi connectivity index (χ2n) is 7.05. The molecule has 2 aromatic carbocycles. The van der Waals surface area contributed by atoms with Gasteiger partial charge < -0.3 is 19.5 Å². The highest BCUT2D eigenvalue weighted by molar-refractivity contribution is 6.34. The van der Waals surface area contributed by atoms with E-state index in [0.717, 1.165) is 22.6 Å². The lowest BCUT2D eigenvalue weighted by Gasteiger charge is -2.24. The molecule has 29 heavy (non-hydrogen) atoms. The van der Waals surface area contributed by atoms with Gasteiger partial charge in [-0.25, -0.2) is 0 Å². The number of aromatic nitrogens is 2. The van der Waals surface area contributed by atoms with Crippen LogP contribution >= 0.6 is 11.6 Å². The average Bonchev–Trinajstić information content (AvgIpc) is 3.35. The second-order valence-corrected chi connectivity index (χ2v) is 7.46. The minimum absolute atomic E-state index is 0.181. The van der Waals surface area contributed by atoms with E-state index in [2.05, 4.69) is 10.4 Å². The van der Waals surface area contributed by atoms with Crippen molar-refractivity contribution in [2.75, 3.05) is 12.1 Å². The van der Waals surface area contributed by atoms with Crippen molar-refractivity contribution in [2.24, 2.45) is 0 Å². The van der Waals surface area contributed by atoms with Crippen LogP contribution in [-0.2, 0) is 17.9 Å². The van der Waals surface area contributed by atoms with Gasteiger partial charge in [-0.1, -0.05) is 23.7 Å². The largest absolute Gasteiger partial charge is 0.454 e. The van der Waals surface area contributed by atoms with Gasteiger partial charge in [0.2, 0.25) is 6.79 Å². The van der Waals surface area contributed by atoms with Crippen molar-refractivity contribution in [3.05, 3.63) is 70.0 Å². The monoisotopic (exact) mass is 411 g/mol. The Hall–Kier alpha value is -3.03. The fourth-order valence-corrected chi connectivity index (χ4v) is 3.74. The van der Waals surface area contributed by atoms with Crippen molar-refractivity contribution in [1.82, 2.24) is 9.78 Å². The van der Waals surface area contributed by atoms with E-state index in [1.807, 2.05) is 35.9 Å². The molecule has 0 aliphatic carbocycles. The van der Waals surface area contributed by atoms with Crippen LogP contribution in [0.4, 0.5) is 5.69 Å². The molecule has 1 atom stereocenters. The van der Waals surface area contributed by atoms with Gasteiger partial charge in [0.25, 0.3) is 5.91 Å². The van der Waals surface area contributed by atoms with Crippen LogP contribution in [0, 0.1) is 6.92 Å². The Labute approximate surface area is 172 Å². The SMILES string of the molecule is Cc1ccc(NC(=O)c2cc3n(n2)C[C@H](c2ccc4c(c2)OCO4)OC3)c(Cl)c1. The molecule has 0 saturated carbocycles. The number of halogens is 1. The standard InChI is InChI=1S/C21H18ClN3O4/c1-12-2-4-16(15(22)6-12)23-21(26)17-8-14-10-27-20(9-25(14)24-17)13-3-5-18-19(7-13)29-11-28-18/h2-8,20H,9-11H2,1H3,(H,23,26)/t20-/m1/s1. The number of ether oxygens (including phenoxy) is 3. The van der Waals surface area contributed by atoms with Crippen molar-refractivity contribution in [3.8, 4) is 11.5 Å². The molecular weight excluding hydrogens is 394 g/mol. The molecule has 8 heteroatoms. The number of carbonyl (C=O) groups is 1. The van der Waals surface area contributed by atoms with Crippen LogP contribution in [0.3, 0.4) is 0 Å².